The molecule has 7 nitrogen and oxygen atoms in total. The first-order chi connectivity index (χ1) is 12.4. The van der Waals surface area contributed by atoms with Crippen molar-refractivity contribution in [3.8, 4) is 5.75 Å². The smallest absolute Gasteiger partial charge is 0.276 e. The van der Waals surface area contributed by atoms with Gasteiger partial charge in [-0.3, -0.25) is 9.59 Å². The standard InChI is InChI=1S/C19H23N3O4/c1-13(23)14-4-6-15(7-5-14)25-11-16-10-17(21-26-16)18(24)22-9-8-20-12-19(22,2)3/h4-7,10,20H,8-9,11-12H2,1-3H3. The van der Waals surface area contributed by atoms with Crippen LogP contribution < -0.4 is 10.1 Å². The molecule has 1 aliphatic rings. The van der Waals surface area contributed by atoms with E-state index in [1.165, 1.54) is 6.92 Å². The SMILES string of the molecule is CC(=O)c1ccc(OCc2cc(C(=O)N3CCNCC3(C)C)no2)cc1. The highest BCUT2D eigenvalue weighted by atomic mass is 16.5. The van der Waals surface area contributed by atoms with Crippen LogP contribution in [0.1, 0.15) is 47.4 Å². The molecule has 0 unspecified atom stereocenters. The highest BCUT2D eigenvalue weighted by molar-refractivity contribution is 5.94. The number of nitrogens with one attached hydrogen (secondary N) is 1. The van der Waals surface area contributed by atoms with Crippen molar-refractivity contribution in [2.24, 2.45) is 0 Å². The third kappa shape index (κ3) is 3.94. The normalized spacial score (nSPS) is 16.3. The highest BCUT2D eigenvalue weighted by Gasteiger charge is 2.35. The number of benzene rings is 1. The maximum absolute atomic E-state index is 12.7. The molecule has 26 heavy (non-hydrogen) atoms. The van der Waals surface area contributed by atoms with Gasteiger partial charge in [-0.2, -0.15) is 0 Å². The lowest BCUT2D eigenvalue weighted by molar-refractivity contribution is 0.0467. The number of ketones is 1. The molecule has 3 rings (SSSR count). The van der Waals surface area contributed by atoms with Crippen molar-refractivity contribution in [3.63, 3.8) is 0 Å². The molecule has 2 heterocycles. The minimum Gasteiger partial charge on any atom is -0.486 e. The topological polar surface area (TPSA) is 84.7 Å². The van der Waals surface area contributed by atoms with E-state index >= 15 is 0 Å². The van der Waals surface area contributed by atoms with E-state index in [1.807, 2.05) is 18.7 Å². The third-order valence-electron chi connectivity index (χ3n) is 4.47. The van der Waals surface area contributed by atoms with Gasteiger partial charge in [0.25, 0.3) is 5.91 Å². The molecule has 1 aromatic heterocycles. The summed E-state index contributed by atoms with van der Waals surface area (Å²) in [6.45, 7) is 7.85. The van der Waals surface area contributed by atoms with E-state index in [1.54, 1.807) is 30.3 Å². The summed E-state index contributed by atoms with van der Waals surface area (Å²) in [5.41, 5.74) is 0.637. The highest BCUT2D eigenvalue weighted by Crippen LogP contribution is 2.20. The molecule has 0 radical (unpaired) electrons. The molecule has 138 valence electrons. The first-order valence-corrected chi connectivity index (χ1v) is 8.59. The van der Waals surface area contributed by atoms with Crippen molar-refractivity contribution in [2.75, 3.05) is 19.6 Å². The number of ether oxygens (including phenoxy) is 1. The zero-order valence-corrected chi connectivity index (χ0v) is 15.2. The lowest BCUT2D eigenvalue weighted by Gasteiger charge is -2.42. The first-order valence-electron chi connectivity index (χ1n) is 8.59. The average molecular weight is 357 g/mol. The Labute approximate surface area is 152 Å². The molecule has 0 spiro atoms. The van der Waals surface area contributed by atoms with Gasteiger partial charge in [0.2, 0.25) is 0 Å². The maximum Gasteiger partial charge on any atom is 0.276 e. The number of carbonyl (C=O) groups is 2. The Morgan fingerprint density at radius 2 is 2.04 bits per heavy atom. The second-order valence-corrected chi connectivity index (χ2v) is 6.99. The number of carbonyl (C=O) groups excluding carboxylic acids is 2. The summed E-state index contributed by atoms with van der Waals surface area (Å²) < 4.78 is 10.9. The van der Waals surface area contributed by atoms with Gasteiger partial charge in [0.05, 0.1) is 5.54 Å². The minimum absolute atomic E-state index is 0.00535. The molecule has 1 saturated heterocycles. The maximum atomic E-state index is 12.7. The second-order valence-electron chi connectivity index (χ2n) is 6.99. The fraction of sp³-hybridized carbons (Fsp3) is 0.421. The molecule has 0 bridgehead atoms. The average Bonchev–Trinajstić information content (AvgIpc) is 3.08. The van der Waals surface area contributed by atoms with E-state index in [9.17, 15) is 9.59 Å². The van der Waals surface area contributed by atoms with Gasteiger partial charge in [0, 0.05) is 31.3 Å². The van der Waals surface area contributed by atoms with E-state index in [-0.39, 0.29) is 29.5 Å². The van der Waals surface area contributed by atoms with Crippen LogP contribution in [-0.4, -0.2) is 46.9 Å². The van der Waals surface area contributed by atoms with Crippen molar-refractivity contribution < 1.29 is 18.8 Å². The van der Waals surface area contributed by atoms with Crippen LogP contribution in [0.4, 0.5) is 0 Å². The molecular weight excluding hydrogens is 334 g/mol. The summed E-state index contributed by atoms with van der Waals surface area (Å²) in [6.07, 6.45) is 0. The van der Waals surface area contributed by atoms with Gasteiger partial charge in [0.1, 0.15) is 12.4 Å². The Bertz CT molecular complexity index is 795. The number of rotatable bonds is 5. The molecule has 0 atom stereocenters. The molecule has 1 fully saturated rings. The zero-order chi connectivity index (χ0) is 18.7. The fourth-order valence-electron chi connectivity index (χ4n) is 2.92. The second kappa shape index (κ2) is 7.29. The molecule has 1 amide bonds. The van der Waals surface area contributed by atoms with Crippen LogP contribution in [0.2, 0.25) is 0 Å². The van der Waals surface area contributed by atoms with Crippen LogP contribution in [0.5, 0.6) is 5.75 Å². The summed E-state index contributed by atoms with van der Waals surface area (Å²) in [4.78, 5) is 25.8. The number of piperazine rings is 1. The van der Waals surface area contributed by atoms with E-state index in [4.69, 9.17) is 9.26 Å². The monoisotopic (exact) mass is 357 g/mol. The number of Topliss-reactive ketones (excluding diaryl/α,β-unsaturated/α-hetero) is 1. The van der Waals surface area contributed by atoms with Gasteiger partial charge < -0.3 is 19.5 Å². The largest absolute Gasteiger partial charge is 0.486 e. The number of aromatic nitrogens is 1. The molecule has 1 aromatic carbocycles. The van der Waals surface area contributed by atoms with Gasteiger partial charge in [-0.15, -0.1) is 0 Å². The van der Waals surface area contributed by atoms with Crippen molar-refractivity contribution in [3.05, 3.63) is 47.3 Å². The van der Waals surface area contributed by atoms with Crippen LogP contribution in [-0.2, 0) is 6.61 Å². The summed E-state index contributed by atoms with van der Waals surface area (Å²) in [5.74, 6) is 0.947. The van der Waals surface area contributed by atoms with E-state index in [0.717, 1.165) is 13.1 Å². The Morgan fingerprint density at radius 3 is 2.69 bits per heavy atom. The third-order valence-corrected chi connectivity index (χ3v) is 4.47. The van der Waals surface area contributed by atoms with E-state index in [2.05, 4.69) is 10.5 Å². The summed E-state index contributed by atoms with van der Waals surface area (Å²) in [7, 11) is 0. The van der Waals surface area contributed by atoms with Crippen LogP contribution >= 0.6 is 0 Å². The van der Waals surface area contributed by atoms with Gasteiger partial charge >= 0.3 is 0 Å². The zero-order valence-electron chi connectivity index (χ0n) is 15.2. The van der Waals surface area contributed by atoms with Gasteiger partial charge in [0.15, 0.2) is 17.2 Å². The summed E-state index contributed by atoms with van der Waals surface area (Å²) >= 11 is 0. The van der Waals surface area contributed by atoms with Crippen LogP contribution in [0.3, 0.4) is 0 Å². The minimum atomic E-state index is -0.274. The Morgan fingerprint density at radius 1 is 1.31 bits per heavy atom. The molecule has 0 saturated carbocycles. The molecular formula is C19H23N3O4. The van der Waals surface area contributed by atoms with Crippen LogP contribution in [0, 0.1) is 0 Å². The molecule has 0 aliphatic carbocycles. The van der Waals surface area contributed by atoms with Crippen molar-refractivity contribution >= 4 is 11.7 Å². The molecule has 2 aromatic rings. The lowest BCUT2D eigenvalue weighted by atomic mass is 9.99. The van der Waals surface area contributed by atoms with Gasteiger partial charge in [-0.1, -0.05) is 5.16 Å². The molecule has 1 N–H and O–H groups in total. The predicted octanol–water partition coefficient (Wildman–Crippen LogP) is 2.28. The fourth-order valence-corrected chi connectivity index (χ4v) is 2.92. The Kier molecular flexibility index (Phi) is 5.08. The van der Waals surface area contributed by atoms with Crippen LogP contribution in [0.15, 0.2) is 34.9 Å². The van der Waals surface area contributed by atoms with Crippen molar-refractivity contribution in [2.45, 2.75) is 32.9 Å². The number of amides is 1. The predicted molar refractivity (Wildman–Crippen MR) is 95.3 cm³/mol. The number of nitrogens with zero attached hydrogens (tertiary/aromatic N) is 2. The van der Waals surface area contributed by atoms with Crippen LogP contribution in [0.25, 0.3) is 0 Å². The van der Waals surface area contributed by atoms with Gasteiger partial charge in [-0.25, -0.2) is 0 Å². The summed E-state index contributed by atoms with van der Waals surface area (Å²) in [5, 5.41) is 7.18. The van der Waals surface area contributed by atoms with Crippen molar-refractivity contribution in [1.29, 1.82) is 0 Å². The molecule has 1 aliphatic heterocycles. The quantitative estimate of drug-likeness (QED) is 0.827. The Balaban J connectivity index is 1.62. The van der Waals surface area contributed by atoms with Crippen molar-refractivity contribution in [1.82, 2.24) is 15.4 Å². The van der Waals surface area contributed by atoms with E-state index in [0.29, 0.717) is 23.6 Å². The molecule has 7 heteroatoms. The summed E-state index contributed by atoms with van der Waals surface area (Å²) in [6, 6.07) is 8.48. The Hall–Kier alpha value is -2.67. The van der Waals surface area contributed by atoms with Gasteiger partial charge in [-0.05, 0) is 45.0 Å². The number of hydrogen-bond donors (Lipinski definition) is 1. The van der Waals surface area contributed by atoms with E-state index < -0.39 is 0 Å². The first kappa shape index (κ1) is 18.1. The number of hydrogen-bond acceptors (Lipinski definition) is 6. The lowest BCUT2D eigenvalue weighted by Crippen LogP contribution is -2.59.